The third kappa shape index (κ3) is 4.34. The number of hydrogen-bond donors (Lipinski definition) is 2. The first-order valence-corrected chi connectivity index (χ1v) is 9.55. The Morgan fingerprint density at radius 3 is 2.08 bits per heavy atom. The van der Waals surface area contributed by atoms with Gasteiger partial charge in [-0.05, 0) is 35.2 Å². The molecule has 0 spiro atoms. The van der Waals surface area contributed by atoms with Gasteiger partial charge in [0, 0.05) is 0 Å². The van der Waals surface area contributed by atoms with Crippen LogP contribution >= 0.6 is 7.60 Å². The first-order valence-electron chi connectivity index (χ1n) is 7.94. The zero-order valence-electron chi connectivity index (χ0n) is 13.8. The van der Waals surface area contributed by atoms with Crippen molar-refractivity contribution in [1.82, 2.24) is 0 Å². The molecule has 2 N–H and O–H groups in total. The van der Waals surface area contributed by atoms with Crippen molar-refractivity contribution in [3.63, 3.8) is 0 Å². The van der Waals surface area contributed by atoms with Crippen molar-refractivity contribution in [2.75, 3.05) is 0 Å². The van der Waals surface area contributed by atoms with Crippen LogP contribution in [0.3, 0.4) is 0 Å². The Labute approximate surface area is 147 Å². The molecule has 0 unspecified atom stereocenters. The van der Waals surface area contributed by atoms with Gasteiger partial charge < -0.3 is 9.79 Å². The predicted molar refractivity (Wildman–Crippen MR) is 104 cm³/mol. The smallest absolute Gasteiger partial charge is 0.321 e. The predicted octanol–water partition coefficient (Wildman–Crippen LogP) is 4.64. The topological polar surface area (TPSA) is 57.5 Å². The third-order valence-electron chi connectivity index (χ3n) is 3.98. The standard InChI is InChI=1S/C21H19O3P/c1-16-7-10-18(11-8-16)20-14-13-19(21(15-20)25(22,23)24)12-9-17-5-3-2-4-6-17/h2-15H,1H3,(H2,22,23,24). The summed E-state index contributed by atoms with van der Waals surface area (Å²) in [5.74, 6) is 0. The summed E-state index contributed by atoms with van der Waals surface area (Å²) in [4.78, 5) is 19.5. The Kier molecular flexibility index (Phi) is 5.00. The monoisotopic (exact) mass is 350 g/mol. The van der Waals surface area contributed by atoms with Gasteiger partial charge in [0.05, 0.1) is 5.30 Å². The molecule has 0 saturated carbocycles. The molecule has 3 aromatic rings. The molecule has 4 heteroatoms. The molecule has 25 heavy (non-hydrogen) atoms. The quantitative estimate of drug-likeness (QED) is 0.532. The highest BCUT2D eigenvalue weighted by molar-refractivity contribution is 7.60. The Bertz CT molecular complexity index is 939. The van der Waals surface area contributed by atoms with Crippen LogP contribution < -0.4 is 5.30 Å². The van der Waals surface area contributed by atoms with E-state index in [0.29, 0.717) is 5.56 Å². The number of hydrogen-bond acceptors (Lipinski definition) is 1. The summed E-state index contributed by atoms with van der Waals surface area (Å²) >= 11 is 0. The minimum Gasteiger partial charge on any atom is -0.321 e. The van der Waals surface area contributed by atoms with E-state index in [2.05, 4.69) is 0 Å². The molecule has 126 valence electrons. The van der Waals surface area contributed by atoms with Gasteiger partial charge in [0.2, 0.25) is 0 Å². The summed E-state index contributed by atoms with van der Waals surface area (Å²) in [6, 6.07) is 22.7. The lowest BCUT2D eigenvalue weighted by molar-refractivity contribution is 0.387. The van der Waals surface area contributed by atoms with E-state index >= 15 is 0 Å². The van der Waals surface area contributed by atoms with Crippen LogP contribution in [0.25, 0.3) is 23.3 Å². The van der Waals surface area contributed by atoms with Crippen LogP contribution in [0.4, 0.5) is 0 Å². The molecule has 3 rings (SSSR count). The SMILES string of the molecule is Cc1ccc(-c2ccc(C=Cc3ccccc3)c(P(=O)(O)O)c2)cc1. The van der Waals surface area contributed by atoms with Crippen molar-refractivity contribution in [2.45, 2.75) is 6.92 Å². The Hall–Kier alpha value is -2.45. The van der Waals surface area contributed by atoms with Crippen molar-refractivity contribution >= 4 is 25.1 Å². The maximum atomic E-state index is 12.0. The van der Waals surface area contributed by atoms with Gasteiger partial charge in [-0.1, -0.05) is 84.4 Å². The van der Waals surface area contributed by atoms with Crippen molar-refractivity contribution in [3.8, 4) is 11.1 Å². The molecule has 0 aromatic heterocycles. The Balaban J connectivity index is 2.03. The fourth-order valence-electron chi connectivity index (χ4n) is 2.61. The first-order chi connectivity index (χ1) is 11.9. The number of aryl methyl sites for hydroxylation is 1. The molecule has 0 saturated heterocycles. The molecule has 0 fully saturated rings. The van der Waals surface area contributed by atoms with Crippen LogP contribution in [0.15, 0.2) is 72.8 Å². The van der Waals surface area contributed by atoms with Gasteiger partial charge in [-0.2, -0.15) is 0 Å². The summed E-state index contributed by atoms with van der Waals surface area (Å²) in [5.41, 5.74) is 4.35. The van der Waals surface area contributed by atoms with E-state index in [1.54, 1.807) is 18.2 Å². The molecular formula is C21H19O3P. The maximum absolute atomic E-state index is 12.0. The summed E-state index contributed by atoms with van der Waals surface area (Å²) < 4.78 is 12.0. The molecule has 0 amide bonds. The second-order valence-corrected chi connectivity index (χ2v) is 7.50. The van der Waals surface area contributed by atoms with Crippen LogP contribution in [-0.4, -0.2) is 9.79 Å². The number of benzene rings is 3. The van der Waals surface area contributed by atoms with E-state index in [1.165, 1.54) is 0 Å². The van der Waals surface area contributed by atoms with E-state index in [9.17, 15) is 14.4 Å². The van der Waals surface area contributed by atoms with Crippen LogP contribution in [0.2, 0.25) is 0 Å². The van der Waals surface area contributed by atoms with E-state index < -0.39 is 7.60 Å². The first kappa shape index (κ1) is 17.4. The molecular weight excluding hydrogens is 331 g/mol. The van der Waals surface area contributed by atoms with Gasteiger partial charge in [-0.15, -0.1) is 0 Å². The summed E-state index contributed by atoms with van der Waals surface area (Å²) in [7, 11) is -4.39. The van der Waals surface area contributed by atoms with Crippen LogP contribution in [0, 0.1) is 6.92 Å². The summed E-state index contributed by atoms with van der Waals surface area (Å²) in [6.45, 7) is 2.00. The van der Waals surface area contributed by atoms with Gasteiger partial charge in [-0.25, -0.2) is 0 Å². The molecule has 3 aromatic carbocycles. The normalized spacial score (nSPS) is 11.8. The van der Waals surface area contributed by atoms with Gasteiger partial charge in [-0.3, -0.25) is 4.57 Å². The average molecular weight is 350 g/mol. The zero-order chi connectivity index (χ0) is 17.9. The van der Waals surface area contributed by atoms with Crippen molar-refractivity contribution < 1.29 is 14.4 Å². The molecule has 0 heterocycles. The lowest BCUT2D eigenvalue weighted by Crippen LogP contribution is -2.08. The molecule has 0 aliphatic carbocycles. The lowest BCUT2D eigenvalue weighted by atomic mass is 10.0. The van der Waals surface area contributed by atoms with E-state index in [4.69, 9.17) is 0 Å². The van der Waals surface area contributed by atoms with E-state index in [-0.39, 0.29) is 5.30 Å². The molecule has 0 radical (unpaired) electrons. The average Bonchev–Trinajstić information content (AvgIpc) is 2.61. The highest BCUT2D eigenvalue weighted by Gasteiger charge is 2.21. The highest BCUT2D eigenvalue weighted by atomic mass is 31.2. The fraction of sp³-hybridized carbons (Fsp3) is 0.0476. The van der Waals surface area contributed by atoms with Crippen LogP contribution in [-0.2, 0) is 4.57 Å². The van der Waals surface area contributed by atoms with Gasteiger partial charge >= 0.3 is 7.60 Å². The molecule has 0 atom stereocenters. The Morgan fingerprint density at radius 2 is 1.44 bits per heavy atom. The second kappa shape index (κ2) is 7.20. The largest absolute Gasteiger partial charge is 0.356 e. The fourth-order valence-corrected chi connectivity index (χ4v) is 3.41. The van der Waals surface area contributed by atoms with Gasteiger partial charge in [0.25, 0.3) is 0 Å². The van der Waals surface area contributed by atoms with Gasteiger partial charge in [0.1, 0.15) is 0 Å². The summed E-state index contributed by atoms with van der Waals surface area (Å²) in [6.07, 6.45) is 3.59. The zero-order valence-corrected chi connectivity index (χ0v) is 14.7. The van der Waals surface area contributed by atoms with Crippen molar-refractivity contribution in [1.29, 1.82) is 0 Å². The molecule has 3 nitrogen and oxygen atoms in total. The van der Waals surface area contributed by atoms with Gasteiger partial charge in [0.15, 0.2) is 0 Å². The second-order valence-electron chi connectivity index (χ2n) is 5.93. The van der Waals surface area contributed by atoms with Crippen molar-refractivity contribution in [2.24, 2.45) is 0 Å². The maximum Gasteiger partial charge on any atom is 0.356 e. The third-order valence-corrected chi connectivity index (χ3v) is 5.00. The molecule has 0 bridgehead atoms. The van der Waals surface area contributed by atoms with E-state index in [0.717, 1.165) is 22.3 Å². The Morgan fingerprint density at radius 1 is 0.800 bits per heavy atom. The highest BCUT2D eigenvalue weighted by Crippen LogP contribution is 2.37. The summed E-state index contributed by atoms with van der Waals surface area (Å²) in [5, 5.41) is 0.0396. The lowest BCUT2D eigenvalue weighted by Gasteiger charge is -2.11. The molecule has 0 aliphatic rings. The van der Waals surface area contributed by atoms with Crippen molar-refractivity contribution in [3.05, 3.63) is 89.5 Å². The van der Waals surface area contributed by atoms with Crippen LogP contribution in [0.5, 0.6) is 0 Å². The van der Waals surface area contributed by atoms with E-state index in [1.807, 2.05) is 73.7 Å². The minimum atomic E-state index is -4.39. The minimum absolute atomic E-state index is 0.0396. The number of rotatable bonds is 4. The molecule has 0 aliphatic heterocycles. The van der Waals surface area contributed by atoms with Crippen LogP contribution in [0.1, 0.15) is 16.7 Å².